The predicted octanol–water partition coefficient (Wildman–Crippen LogP) is 1.04. The van der Waals surface area contributed by atoms with Crippen molar-refractivity contribution in [3.8, 4) is 0 Å². The van der Waals surface area contributed by atoms with E-state index in [0.29, 0.717) is 5.69 Å². The highest BCUT2D eigenvalue weighted by atomic mass is 16.3. The second-order valence-electron chi connectivity index (χ2n) is 4.81. The average Bonchev–Trinajstić information content (AvgIpc) is 2.26. The maximum Gasteiger partial charge on any atom is 0.230 e. The van der Waals surface area contributed by atoms with Gasteiger partial charge in [-0.05, 0) is 38.5 Å². The molecule has 4 nitrogen and oxygen atoms in total. The van der Waals surface area contributed by atoms with Crippen molar-refractivity contribution in [2.45, 2.75) is 32.3 Å². The zero-order valence-corrected chi connectivity index (χ0v) is 10.5. The number of nitrogens with two attached hydrogens (primary N) is 1. The van der Waals surface area contributed by atoms with Gasteiger partial charge in [-0.3, -0.25) is 4.79 Å². The van der Waals surface area contributed by atoms with E-state index in [1.165, 1.54) is 0 Å². The van der Waals surface area contributed by atoms with Gasteiger partial charge < -0.3 is 16.2 Å². The summed E-state index contributed by atoms with van der Waals surface area (Å²) in [7, 11) is 0. The Hall–Kier alpha value is -1.55. The Morgan fingerprint density at radius 3 is 2.41 bits per heavy atom. The third kappa shape index (κ3) is 3.46. The Labute approximate surface area is 102 Å². The molecule has 0 saturated carbocycles. The molecule has 1 rings (SSSR count). The first-order valence-corrected chi connectivity index (χ1v) is 5.66. The number of carbonyl (C=O) groups excluding carboxylic acids is 1. The molecule has 0 fully saturated rings. The van der Waals surface area contributed by atoms with Gasteiger partial charge in [0.15, 0.2) is 0 Å². The minimum absolute atomic E-state index is 0.108. The van der Waals surface area contributed by atoms with Crippen LogP contribution in [-0.4, -0.2) is 23.7 Å². The summed E-state index contributed by atoms with van der Waals surface area (Å²) in [5.74, 6) is -0.108. The van der Waals surface area contributed by atoms with Crippen LogP contribution in [-0.2, 0) is 10.2 Å². The number of amides is 1. The van der Waals surface area contributed by atoms with E-state index in [9.17, 15) is 4.79 Å². The van der Waals surface area contributed by atoms with Crippen LogP contribution in [0.3, 0.4) is 0 Å². The maximum absolute atomic E-state index is 12.0. The lowest BCUT2D eigenvalue weighted by Gasteiger charge is -2.24. The number of anilines is 1. The van der Waals surface area contributed by atoms with Gasteiger partial charge in [-0.15, -0.1) is 0 Å². The zero-order chi connectivity index (χ0) is 13.1. The van der Waals surface area contributed by atoms with Crippen LogP contribution in [0.2, 0.25) is 0 Å². The number of nitrogens with one attached hydrogen (secondary N) is 1. The molecule has 0 bridgehead atoms. The van der Waals surface area contributed by atoms with Crippen LogP contribution in [0.4, 0.5) is 5.69 Å². The minimum atomic E-state index is -0.636. The van der Waals surface area contributed by atoms with Crippen molar-refractivity contribution in [3.05, 3.63) is 29.8 Å². The van der Waals surface area contributed by atoms with E-state index >= 15 is 0 Å². The smallest absolute Gasteiger partial charge is 0.230 e. The summed E-state index contributed by atoms with van der Waals surface area (Å²) in [5, 5.41) is 11.9. The van der Waals surface area contributed by atoms with Crippen molar-refractivity contribution >= 4 is 11.6 Å². The third-order valence-electron chi connectivity index (χ3n) is 2.76. The number of nitrogen functional groups attached to an aromatic ring is 1. The summed E-state index contributed by atoms with van der Waals surface area (Å²) >= 11 is 0. The number of hydrogen-bond donors (Lipinski definition) is 3. The molecule has 1 aromatic rings. The molecule has 0 heterocycles. The lowest BCUT2D eigenvalue weighted by atomic mass is 9.83. The lowest BCUT2D eigenvalue weighted by Crippen LogP contribution is -2.42. The third-order valence-corrected chi connectivity index (χ3v) is 2.76. The molecule has 4 N–H and O–H groups in total. The highest BCUT2D eigenvalue weighted by Crippen LogP contribution is 2.24. The Bertz CT molecular complexity index is 383. The highest BCUT2D eigenvalue weighted by molar-refractivity contribution is 5.87. The largest absolute Gasteiger partial charge is 0.399 e. The van der Waals surface area contributed by atoms with E-state index < -0.39 is 11.5 Å². The topological polar surface area (TPSA) is 75.3 Å². The Balaban J connectivity index is 2.79. The van der Waals surface area contributed by atoms with Gasteiger partial charge in [0, 0.05) is 12.2 Å². The van der Waals surface area contributed by atoms with E-state index in [-0.39, 0.29) is 12.5 Å². The standard InChI is InChI=1S/C13H20N2O2/c1-9(16)8-15-12(17)13(2,3)10-4-6-11(14)7-5-10/h4-7,9,16H,8,14H2,1-3H3,(H,15,17)/t9-/m1/s1. The molecule has 17 heavy (non-hydrogen) atoms. The van der Waals surface area contributed by atoms with Gasteiger partial charge >= 0.3 is 0 Å². The second kappa shape index (κ2) is 5.19. The van der Waals surface area contributed by atoms with Crippen molar-refractivity contribution in [1.29, 1.82) is 0 Å². The minimum Gasteiger partial charge on any atom is -0.399 e. The summed E-state index contributed by atoms with van der Waals surface area (Å²) in [5.41, 5.74) is 6.55. The normalized spacial score (nSPS) is 13.2. The molecular weight excluding hydrogens is 216 g/mol. The molecule has 1 aromatic carbocycles. The number of benzene rings is 1. The SMILES string of the molecule is C[C@@H](O)CNC(=O)C(C)(C)c1ccc(N)cc1. The van der Waals surface area contributed by atoms with Crippen LogP contribution in [0.15, 0.2) is 24.3 Å². The van der Waals surface area contributed by atoms with Crippen molar-refractivity contribution in [3.63, 3.8) is 0 Å². The molecule has 0 aliphatic heterocycles. The Morgan fingerprint density at radius 1 is 1.41 bits per heavy atom. The van der Waals surface area contributed by atoms with Crippen LogP contribution in [0.5, 0.6) is 0 Å². The first-order chi connectivity index (χ1) is 7.84. The van der Waals surface area contributed by atoms with Crippen LogP contribution in [0.1, 0.15) is 26.3 Å². The van der Waals surface area contributed by atoms with Gasteiger partial charge in [0.05, 0.1) is 11.5 Å². The van der Waals surface area contributed by atoms with Gasteiger partial charge in [0.2, 0.25) is 5.91 Å². The number of rotatable bonds is 4. The molecule has 1 atom stereocenters. The van der Waals surface area contributed by atoms with E-state index in [2.05, 4.69) is 5.32 Å². The maximum atomic E-state index is 12.0. The van der Waals surface area contributed by atoms with Gasteiger partial charge in [-0.25, -0.2) is 0 Å². The molecule has 0 unspecified atom stereocenters. The number of aliphatic hydroxyl groups is 1. The summed E-state index contributed by atoms with van der Waals surface area (Å²) in [6.07, 6.45) is -0.541. The van der Waals surface area contributed by atoms with Crippen LogP contribution in [0, 0.1) is 0 Å². The number of carbonyl (C=O) groups is 1. The van der Waals surface area contributed by atoms with Crippen molar-refractivity contribution in [2.75, 3.05) is 12.3 Å². The second-order valence-corrected chi connectivity index (χ2v) is 4.81. The van der Waals surface area contributed by atoms with Crippen molar-refractivity contribution in [2.24, 2.45) is 0 Å². The average molecular weight is 236 g/mol. The molecule has 4 heteroatoms. The Kier molecular flexibility index (Phi) is 4.12. The molecule has 0 aromatic heterocycles. The predicted molar refractivity (Wildman–Crippen MR) is 68.6 cm³/mol. The highest BCUT2D eigenvalue weighted by Gasteiger charge is 2.29. The fraction of sp³-hybridized carbons (Fsp3) is 0.462. The van der Waals surface area contributed by atoms with Gasteiger partial charge in [0.1, 0.15) is 0 Å². The van der Waals surface area contributed by atoms with E-state index in [1.54, 1.807) is 19.1 Å². The van der Waals surface area contributed by atoms with Crippen LogP contribution in [0.25, 0.3) is 0 Å². The first kappa shape index (κ1) is 13.5. The summed E-state index contributed by atoms with van der Waals surface area (Å²) in [6.45, 7) is 5.58. The zero-order valence-electron chi connectivity index (χ0n) is 10.5. The molecular formula is C13H20N2O2. The molecule has 0 aliphatic rings. The van der Waals surface area contributed by atoms with Crippen molar-refractivity contribution < 1.29 is 9.90 Å². The molecule has 0 spiro atoms. The molecule has 94 valence electrons. The van der Waals surface area contributed by atoms with Gasteiger partial charge in [-0.1, -0.05) is 12.1 Å². The van der Waals surface area contributed by atoms with Crippen molar-refractivity contribution in [1.82, 2.24) is 5.32 Å². The molecule has 0 radical (unpaired) electrons. The van der Waals surface area contributed by atoms with E-state index in [4.69, 9.17) is 10.8 Å². The van der Waals surface area contributed by atoms with E-state index in [0.717, 1.165) is 5.56 Å². The summed E-state index contributed by atoms with van der Waals surface area (Å²) < 4.78 is 0. The fourth-order valence-corrected chi connectivity index (χ4v) is 1.49. The van der Waals surface area contributed by atoms with Gasteiger partial charge in [0.25, 0.3) is 0 Å². The monoisotopic (exact) mass is 236 g/mol. The van der Waals surface area contributed by atoms with E-state index in [1.807, 2.05) is 26.0 Å². The molecule has 0 aliphatic carbocycles. The number of aliphatic hydroxyl groups excluding tert-OH is 1. The summed E-state index contributed by atoms with van der Waals surface area (Å²) in [4.78, 5) is 12.0. The molecule has 0 saturated heterocycles. The quantitative estimate of drug-likeness (QED) is 0.684. The Morgan fingerprint density at radius 2 is 1.94 bits per heavy atom. The number of hydrogen-bond acceptors (Lipinski definition) is 3. The lowest BCUT2D eigenvalue weighted by molar-refractivity contribution is -0.126. The molecule has 1 amide bonds. The summed E-state index contributed by atoms with van der Waals surface area (Å²) in [6, 6.07) is 7.24. The first-order valence-electron chi connectivity index (χ1n) is 5.66. The van der Waals surface area contributed by atoms with Crippen LogP contribution < -0.4 is 11.1 Å². The van der Waals surface area contributed by atoms with Crippen LogP contribution >= 0.6 is 0 Å². The fourth-order valence-electron chi connectivity index (χ4n) is 1.49. The van der Waals surface area contributed by atoms with Gasteiger partial charge in [-0.2, -0.15) is 0 Å².